The lowest BCUT2D eigenvalue weighted by Gasteiger charge is -1.99. The Labute approximate surface area is 76.2 Å². The Hall–Kier alpha value is -1.22. The Morgan fingerprint density at radius 1 is 1.42 bits per heavy atom. The van der Waals surface area contributed by atoms with Crippen LogP contribution >= 0.6 is 12.2 Å². The molecule has 0 aliphatic carbocycles. The average molecular weight is 180 g/mol. The maximum absolute atomic E-state index is 9.90. The van der Waals surface area contributed by atoms with E-state index < -0.39 is 0 Å². The summed E-state index contributed by atoms with van der Waals surface area (Å²) in [5.74, 6) is 0. The Kier molecular flexibility index (Phi) is 3.41. The molecule has 0 spiro atoms. The molecule has 12 heavy (non-hydrogen) atoms. The minimum absolute atomic E-state index is 0.302. The van der Waals surface area contributed by atoms with Crippen molar-refractivity contribution in [2.75, 3.05) is 0 Å². The minimum atomic E-state index is 0.302. The monoisotopic (exact) mass is 180 g/mol. The van der Waals surface area contributed by atoms with E-state index in [9.17, 15) is 4.79 Å². The van der Waals surface area contributed by atoms with E-state index in [1.165, 1.54) is 0 Å². The van der Waals surface area contributed by atoms with Crippen LogP contribution in [0.2, 0.25) is 0 Å². The van der Waals surface area contributed by atoms with Crippen molar-refractivity contribution in [2.24, 2.45) is 0 Å². The van der Waals surface area contributed by atoms with Crippen LogP contribution in [0.25, 0.3) is 0 Å². The molecule has 62 valence electrons. The summed E-state index contributed by atoms with van der Waals surface area (Å²) in [6, 6.07) is 9.62. The molecule has 0 N–H and O–H groups in total. The first-order valence-electron chi connectivity index (χ1n) is 3.50. The zero-order chi connectivity index (χ0) is 8.81. The highest BCUT2D eigenvalue weighted by atomic mass is 32.1. The second-order valence-corrected chi connectivity index (χ2v) is 2.70. The van der Waals surface area contributed by atoms with Crippen LogP contribution in [-0.2, 0) is 16.0 Å². The molecule has 0 atom stereocenters. The van der Waals surface area contributed by atoms with Crippen molar-refractivity contribution in [2.45, 2.75) is 6.42 Å². The van der Waals surface area contributed by atoms with Gasteiger partial charge in [-0.3, -0.25) is 4.79 Å². The summed E-state index contributed by atoms with van der Waals surface area (Å²) in [5.41, 5.74) is 1.05. The zero-order valence-electron chi connectivity index (χ0n) is 6.40. The van der Waals surface area contributed by atoms with Crippen molar-refractivity contribution in [3.05, 3.63) is 35.9 Å². The second kappa shape index (κ2) is 4.62. The van der Waals surface area contributed by atoms with E-state index in [1.807, 2.05) is 30.3 Å². The predicted molar refractivity (Wildman–Crippen MR) is 49.9 cm³/mol. The van der Waals surface area contributed by atoms with Crippen molar-refractivity contribution in [1.29, 1.82) is 0 Å². The van der Waals surface area contributed by atoms with E-state index >= 15 is 0 Å². The van der Waals surface area contributed by atoms with E-state index in [0.717, 1.165) is 5.56 Å². The van der Waals surface area contributed by atoms with Gasteiger partial charge in [-0.05, 0) is 17.8 Å². The third-order valence-corrected chi connectivity index (χ3v) is 1.61. The molecule has 0 saturated carbocycles. The lowest BCUT2D eigenvalue weighted by molar-refractivity contribution is -0.121. The molecule has 1 rings (SSSR count). The Morgan fingerprint density at radius 3 is 2.67 bits per heavy atom. The van der Waals surface area contributed by atoms with Crippen LogP contribution in [-0.4, -0.2) is 11.5 Å². The molecule has 2 nitrogen and oxygen atoms in total. The fourth-order valence-electron chi connectivity index (χ4n) is 0.858. The highest BCUT2D eigenvalue weighted by Crippen LogP contribution is 2.01. The lowest BCUT2D eigenvalue weighted by atomic mass is 10.2. The Bertz CT molecular complexity index is 269. The molecule has 0 aliphatic rings. The lowest BCUT2D eigenvalue weighted by Crippen LogP contribution is -2.03. The molecule has 0 unspecified atom stereocenters. The van der Waals surface area contributed by atoms with E-state index in [-0.39, 0.29) is 0 Å². The van der Waals surface area contributed by atoms with Gasteiger partial charge in [-0.1, -0.05) is 30.3 Å². The summed E-state index contributed by atoms with van der Waals surface area (Å²) < 4.78 is 4.50. The number of rotatable bonds is 3. The standard InChI is InChI=1S/C9H8O2S/c10-7-11-9(12)6-8-4-2-1-3-5-8/h1-5,7H,6H2. The number of hydrogen-bond acceptors (Lipinski definition) is 3. The quantitative estimate of drug-likeness (QED) is 0.523. The van der Waals surface area contributed by atoms with Crippen molar-refractivity contribution in [1.82, 2.24) is 0 Å². The van der Waals surface area contributed by atoms with E-state index in [0.29, 0.717) is 17.9 Å². The van der Waals surface area contributed by atoms with Gasteiger partial charge in [0.05, 0.1) is 0 Å². The molecule has 0 bridgehead atoms. The molecule has 0 heterocycles. The van der Waals surface area contributed by atoms with Gasteiger partial charge in [0.15, 0.2) is 5.05 Å². The third-order valence-electron chi connectivity index (χ3n) is 1.37. The van der Waals surface area contributed by atoms with Crippen molar-refractivity contribution in [3.63, 3.8) is 0 Å². The van der Waals surface area contributed by atoms with Crippen molar-refractivity contribution < 1.29 is 9.53 Å². The van der Waals surface area contributed by atoms with Gasteiger partial charge in [0.1, 0.15) is 0 Å². The highest BCUT2D eigenvalue weighted by molar-refractivity contribution is 7.80. The SMILES string of the molecule is O=COC(=S)Cc1ccccc1. The summed E-state index contributed by atoms with van der Waals surface area (Å²) in [6.45, 7) is 0.352. The molecule has 0 aromatic heterocycles. The van der Waals surface area contributed by atoms with Crippen LogP contribution < -0.4 is 0 Å². The predicted octanol–water partition coefficient (Wildman–Crippen LogP) is 1.73. The Morgan fingerprint density at radius 2 is 2.08 bits per heavy atom. The van der Waals surface area contributed by atoms with Gasteiger partial charge in [0.25, 0.3) is 6.47 Å². The fraction of sp³-hybridized carbons (Fsp3) is 0.111. The van der Waals surface area contributed by atoms with E-state index in [4.69, 9.17) is 12.2 Å². The molecule has 0 saturated heterocycles. The molecular formula is C9H8O2S. The maximum Gasteiger partial charge on any atom is 0.299 e. The average Bonchev–Trinajstić information content (AvgIpc) is 2.06. The molecule has 3 heteroatoms. The number of carbonyl (C=O) groups excluding carboxylic acids is 1. The number of thiocarbonyl (C=S) groups is 1. The van der Waals surface area contributed by atoms with Gasteiger partial charge >= 0.3 is 0 Å². The molecular weight excluding hydrogens is 172 g/mol. The van der Waals surface area contributed by atoms with Gasteiger partial charge in [0, 0.05) is 6.42 Å². The number of ether oxygens (including phenoxy) is 1. The number of benzene rings is 1. The minimum Gasteiger partial charge on any atom is -0.421 e. The largest absolute Gasteiger partial charge is 0.421 e. The first-order chi connectivity index (χ1) is 5.83. The van der Waals surface area contributed by atoms with E-state index in [1.54, 1.807) is 0 Å². The third kappa shape index (κ3) is 2.80. The Balaban J connectivity index is 2.52. The fourth-order valence-corrected chi connectivity index (χ4v) is 1.06. The van der Waals surface area contributed by atoms with Gasteiger partial charge in [0.2, 0.25) is 0 Å². The van der Waals surface area contributed by atoms with Gasteiger partial charge < -0.3 is 4.74 Å². The van der Waals surface area contributed by atoms with Crippen LogP contribution in [0, 0.1) is 0 Å². The summed E-state index contributed by atoms with van der Waals surface area (Å²) in [4.78, 5) is 9.90. The number of hydrogen-bond donors (Lipinski definition) is 0. The van der Waals surface area contributed by atoms with Crippen LogP contribution in [0.1, 0.15) is 5.56 Å². The van der Waals surface area contributed by atoms with Gasteiger partial charge in [-0.2, -0.15) is 0 Å². The van der Waals surface area contributed by atoms with Crippen molar-refractivity contribution >= 4 is 23.7 Å². The molecule has 0 fully saturated rings. The van der Waals surface area contributed by atoms with Crippen LogP contribution in [0.15, 0.2) is 30.3 Å². The maximum atomic E-state index is 9.90. The van der Waals surface area contributed by atoms with Crippen LogP contribution in [0.5, 0.6) is 0 Å². The second-order valence-electron chi connectivity index (χ2n) is 2.25. The van der Waals surface area contributed by atoms with E-state index in [2.05, 4.69) is 4.74 Å². The van der Waals surface area contributed by atoms with Crippen LogP contribution in [0.4, 0.5) is 0 Å². The zero-order valence-corrected chi connectivity index (χ0v) is 7.21. The first kappa shape index (κ1) is 8.87. The molecule has 0 radical (unpaired) electrons. The molecule has 1 aromatic rings. The summed E-state index contributed by atoms with van der Waals surface area (Å²) in [7, 11) is 0. The first-order valence-corrected chi connectivity index (χ1v) is 3.91. The molecule has 0 aliphatic heterocycles. The summed E-state index contributed by atoms with van der Waals surface area (Å²) in [5, 5.41) is 0.302. The van der Waals surface area contributed by atoms with Gasteiger partial charge in [-0.25, -0.2) is 0 Å². The molecule has 0 amide bonds. The smallest absolute Gasteiger partial charge is 0.299 e. The topological polar surface area (TPSA) is 26.3 Å². The van der Waals surface area contributed by atoms with Crippen LogP contribution in [0.3, 0.4) is 0 Å². The highest BCUT2D eigenvalue weighted by Gasteiger charge is 1.97. The van der Waals surface area contributed by atoms with Gasteiger partial charge in [-0.15, -0.1) is 0 Å². The number of carbonyl (C=O) groups is 1. The summed E-state index contributed by atoms with van der Waals surface area (Å²) >= 11 is 4.78. The molecule has 1 aromatic carbocycles. The summed E-state index contributed by atoms with van der Waals surface area (Å²) in [6.07, 6.45) is 0.509. The normalized spacial score (nSPS) is 9.00. The van der Waals surface area contributed by atoms with Crippen molar-refractivity contribution in [3.8, 4) is 0 Å².